The Morgan fingerprint density at radius 3 is 2.64 bits per heavy atom. The van der Waals surface area contributed by atoms with E-state index in [4.69, 9.17) is 10.00 Å². The summed E-state index contributed by atoms with van der Waals surface area (Å²) in [5.41, 5.74) is 1.21. The molecule has 1 amide bonds. The van der Waals surface area contributed by atoms with Crippen molar-refractivity contribution in [2.45, 2.75) is 0 Å². The number of carbonyl (C=O) groups excluding carboxylic acids is 1. The Kier molecular flexibility index (Phi) is 6.76. The number of nitrogens with zero attached hydrogens (tertiary/aromatic N) is 2. The zero-order valence-corrected chi connectivity index (χ0v) is 16.0. The van der Waals surface area contributed by atoms with E-state index in [2.05, 4.69) is 37.2 Å². The Morgan fingerprint density at radius 1 is 1.20 bits per heavy atom. The Balaban J connectivity index is 2.19. The van der Waals surface area contributed by atoms with E-state index in [-0.39, 0.29) is 12.2 Å². The summed E-state index contributed by atoms with van der Waals surface area (Å²) >= 11 is 6.66. The normalized spacial score (nSPS) is 10.5. The molecule has 0 aromatic heterocycles. The zero-order valence-electron chi connectivity index (χ0n) is 12.8. The number of halogens is 2. The first-order chi connectivity index (χ1) is 12.0. The minimum atomic E-state index is -0.499. The second kappa shape index (κ2) is 9.03. The molecule has 25 heavy (non-hydrogen) atoms. The van der Waals surface area contributed by atoms with Crippen LogP contribution in [0.15, 0.2) is 57.0 Å². The van der Waals surface area contributed by atoms with Crippen molar-refractivity contribution in [3.05, 3.63) is 62.5 Å². The van der Waals surface area contributed by atoms with E-state index < -0.39 is 5.91 Å². The predicted molar refractivity (Wildman–Crippen MR) is 102 cm³/mol. The van der Waals surface area contributed by atoms with Gasteiger partial charge in [0, 0.05) is 10.2 Å². The fraction of sp³-hybridized carbons (Fsp3) is 0.0556. The van der Waals surface area contributed by atoms with Gasteiger partial charge in [-0.1, -0.05) is 28.1 Å². The molecule has 2 aromatic rings. The van der Waals surface area contributed by atoms with Gasteiger partial charge in [0.25, 0.3) is 5.91 Å². The Hall–Kier alpha value is -2.61. The average Bonchev–Trinajstić information content (AvgIpc) is 2.58. The van der Waals surface area contributed by atoms with Gasteiger partial charge in [-0.25, -0.2) is 0 Å². The van der Waals surface area contributed by atoms with Gasteiger partial charge in [0.2, 0.25) is 0 Å². The second-order valence-corrected chi connectivity index (χ2v) is 6.54. The fourth-order valence-corrected chi connectivity index (χ4v) is 2.82. The minimum Gasteiger partial charge on any atom is -0.478 e. The Morgan fingerprint density at radius 2 is 2.00 bits per heavy atom. The standard InChI is InChI=1S/C18H11Br2N3O2/c19-14-2-1-3-15(10-14)23-18(24)13(11-22)8-12-4-5-17(16(20)9-12)25-7-6-21/h1-5,8-10H,7H2,(H,23,24)/b13-8-. The van der Waals surface area contributed by atoms with Crippen molar-refractivity contribution in [1.82, 2.24) is 0 Å². The van der Waals surface area contributed by atoms with Gasteiger partial charge in [-0.15, -0.1) is 0 Å². The number of nitrogens with one attached hydrogen (secondary N) is 1. The summed E-state index contributed by atoms with van der Waals surface area (Å²) in [7, 11) is 0. The number of benzene rings is 2. The molecule has 0 aliphatic rings. The number of hydrogen-bond donors (Lipinski definition) is 1. The van der Waals surface area contributed by atoms with Crippen molar-refractivity contribution in [1.29, 1.82) is 10.5 Å². The summed E-state index contributed by atoms with van der Waals surface area (Å²) in [5.74, 6) is 0.0114. The highest BCUT2D eigenvalue weighted by Gasteiger charge is 2.10. The quantitative estimate of drug-likeness (QED) is 0.519. The maximum absolute atomic E-state index is 12.3. The molecule has 0 radical (unpaired) electrons. The third kappa shape index (κ3) is 5.46. The number of ether oxygens (including phenoxy) is 1. The smallest absolute Gasteiger partial charge is 0.266 e. The van der Waals surface area contributed by atoms with Crippen LogP contribution in [0.5, 0.6) is 5.75 Å². The molecule has 2 aromatic carbocycles. The highest BCUT2D eigenvalue weighted by Crippen LogP contribution is 2.27. The Bertz CT molecular complexity index is 911. The number of carbonyl (C=O) groups is 1. The van der Waals surface area contributed by atoms with E-state index in [9.17, 15) is 10.1 Å². The molecular formula is C18H11Br2N3O2. The van der Waals surface area contributed by atoms with Gasteiger partial charge in [-0.2, -0.15) is 10.5 Å². The molecule has 5 nitrogen and oxygen atoms in total. The van der Waals surface area contributed by atoms with Crippen LogP contribution in [0, 0.1) is 22.7 Å². The third-order valence-electron chi connectivity index (χ3n) is 3.01. The van der Waals surface area contributed by atoms with Crippen molar-refractivity contribution in [2.24, 2.45) is 0 Å². The molecule has 1 N–H and O–H groups in total. The molecule has 0 saturated carbocycles. The van der Waals surface area contributed by atoms with Crippen molar-refractivity contribution in [2.75, 3.05) is 11.9 Å². The summed E-state index contributed by atoms with van der Waals surface area (Å²) in [6.07, 6.45) is 1.48. The molecular weight excluding hydrogens is 450 g/mol. The molecule has 0 aliphatic heterocycles. The lowest BCUT2D eigenvalue weighted by Crippen LogP contribution is -2.13. The van der Waals surface area contributed by atoms with Crippen molar-refractivity contribution in [3.63, 3.8) is 0 Å². The largest absolute Gasteiger partial charge is 0.478 e. The molecule has 2 rings (SSSR count). The first kappa shape index (κ1) is 18.7. The van der Waals surface area contributed by atoms with E-state index in [1.54, 1.807) is 36.4 Å². The van der Waals surface area contributed by atoms with Gasteiger partial charge in [-0.3, -0.25) is 4.79 Å². The van der Waals surface area contributed by atoms with E-state index in [1.807, 2.05) is 18.2 Å². The van der Waals surface area contributed by atoms with E-state index in [0.29, 0.717) is 21.5 Å². The van der Waals surface area contributed by atoms with Crippen LogP contribution in [0.1, 0.15) is 5.56 Å². The molecule has 0 heterocycles. The van der Waals surface area contributed by atoms with Crippen LogP contribution in [0.2, 0.25) is 0 Å². The molecule has 0 fully saturated rings. The molecule has 0 atom stereocenters. The van der Waals surface area contributed by atoms with Gasteiger partial charge in [0.15, 0.2) is 6.61 Å². The topological polar surface area (TPSA) is 85.9 Å². The Labute approximate surface area is 161 Å². The lowest BCUT2D eigenvalue weighted by Gasteiger charge is -2.06. The van der Waals surface area contributed by atoms with Crippen LogP contribution >= 0.6 is 31.9 Å². The molecule has 124 valence electrons. The zero-order chi connectivity index (χ0) is 18.2. The molecule has 0 unspecified atom stereocenters. The van der Waals surface area contributed by atoms with Crippen LogP contribution in [-0.4, -0.2) is 12.5 Å². The molecule has 0 spiro atoms. The van der Waals surface area contributed by atoms with Crippen molar-refractivity contribution >= 4 is 49.5 Å². The molecule has 7 heteroatoms. The van der Waals surface area contributed by atoms with Crippen LogP contribution in [0.3, 0.4) is 0 Å². The van der Waals surface area contributed by atoms with Crippen LogP contribution in [-0.2, 0) is 4.79 Å². The third-order valence-corrected chi connectivity index (χ3v) is 4.12. The summed E-state index contributed by atoms with van der Waals surface area (Å²) in [4.78, 5) is 12.3. The molecule has 0 saturated heterocycles. The van der Waals surface area contributed by atoms with Gasteiger partial charge in [-0.05, 0) is 57.9 Å². The van der Waals surface area contributed by atoms with E-state index in [0.717, 1.165) is 4.47 Å². The van der Waals surface area contributed by atoms with Crippen LogP contribution in [0.25, 0.3) is 6.08 Å². The first-order valence-electron chi connectivity index (χ1n) is 7.01. The molecule has 0 aliphatic carbocycles. The van der Waals surface area contributed by atoms with Crippen LogP contribution < -0.4 is 10.1 Å². The predicted octanol–water partition coefficient (Wildman–Crippen LogP) is 4.66. The van der Waals surface area contributed by atoms with Gasteiger partial charge < -0.3 is 10.1 Å². The highest BCUT2D eigenvalue weighted by molar-refractivity contribution is 9.10. The lowest BCUT2D eigenvalue weighted by molar-refractivity contribution is -0.112. The summed E-state index contributed by atoms with van der Waals surface area (Å²) < 4.78 is 6.68. The number of anilines is 1. The van der Waals surface area contributed by atoms with E-state index in [1.165, 1.54) is 6.08 Å². The summed E-state index contributed by atoms with van der Waals surface area (Å²) in [6, 6.07) is 15.9. The lowest BCUT2D eigenvalue weighted by atomic mass is 10.1. The number of amides is 1. The minimum absolute atomic E-state index is 0.0300. The van der Waals surface area contributed by atoms with Gasteiger partial charge >= 0.3 is 0 Å². The van der Waals surface area contributed by atoms with E-state index >= 15 is 0 Å². The number of nitriles is 2. The summed E-state index contributed by atoms with van der Waals surface area (Å²) in [6.45, 7) is -0.0632. The van der Waals surface area contributed by atoms with Gasteiger partial charge in [0.05, 0.1) is 4.47 Å². The number of hydrogen-bond acceptors (Lipinski definition) is 4. The first-order valence-corrected chi connectivity index (χ1v) is 8.60. The van der Waals surface area contributed by atoms with Crippen molar-refractivity contribution < 1.29 is 9.53 Å². The maximum atomic E-state index is 12.3. The summed E-state index contributed by atoms with van der Waals surface area (Å²) in [5, 5.41) is 20.5. The second-order valence-electron chi connectivity index (χ2n) is 4.77. The maximum Gasteiger partial charge on any atom is 0.266 e. The average molecular weight is 461 g/mol. The molecule has 0 bridgehead atoms. The monoisotopic (exact) mass is 459 g/mol. The SMILES string of the molecule is N#CCOc1ccc(/C=C(/C#N)C(=O)Nc2cccc(Br)c2)cc1Br. The van der Waals surface area contributed by atoms with Crippen LogP contribution in [0.4, 0.5) is 5.69 Å². The van der Waals surface area contributed by atoms with Gasteiger partial charge in [0.1, 0.15) is 23.5 Å². The number of rotatable bonds is 5. The fourth-order valence-electron chi connectivity index (χ4n) is 1.91. The van der Waals surface area contributed by atoms with Crippen molar-refractivity contribution in [3.8, 4) is 17.9 Å². The highest BCUT2D eigenvalue weighted by atomic mass is 79.9.